The minimum Gasteiger partial charge on any atom is -0.317 e. The highest BCUT2D eigenvalue weighted by atomic mass is 15.2. The third kappa shape index (κ3) is 2.12. The molecule has 17 heavy (non-hydrogen) atoms. The molecule has 0 spiro atoms. The molecule has 1 aromatic rings. The molecule has 2 aliphatic rings. The molecule has 1 unspecified atom stereocenters. The molecule has 1 N–H and O–H groups in total. The molecule has 2 nitrogen and oxygen atoms in total. The maximum atomic E-state index is 3.45. The largest absolute Gasteiger partial charge is 0.317 e. The molecule has 0 aromatic heterocycles. The number of hydrogen-bond donors (Lipinski definition) is 1. The molecule has 0 amide bonds. The number of hydrogen-bond acceptors (Lipinski definition) is 2. The first kappa shape index (κ1) is 11.2. The van der Waals surface area contributed by atoms with Crippen LogP contribution in [0, 0.1) is 0 Å². The Morgan fingerprint density at radius 2 is 1.88 bits per heavy atom. The molecule has 0 bridgehead atoms. The van der Waals surface area contributed by atoms with Crippen molar-refractivity contribution >= 4 is 0 Å². The molecule has 2 heteroatoms. The molecule has 1 heterocycles. The van der Waals surface area contributed by atoms with Crippen LogP contribution >= 0.6 is 0 Å². The summed E-state index contributed by atoms with van der Waals surface area (Å²) in [5.41, 5.74) is 3.15. The van der Waals surface area contributed by atoms with Crippen LogP contribution in [0.3, 0.4) is 0 Å². The van der Waals surface area contributed by atoms with Crippen LogP contribution in [0.25, 0.3) is 0 Å². The van der Waals surface area contributed by atoms with Gasteiger partial charge in [-0.3, -0.25) is 4.90 Å². The SMILES string of the molecule is CN(C1CCNCC1)C1CCc2ccccc21. The van der Waals surface area contributed by atoms with Crippen LogP contribution < -0.4 is 5.32 Å². The van der Waals surface area contributed by atoms with Gasteiger partial charge in [-0.05, 0) is 56.9 Å². The fraction of sp³-hybridized carbons (Fsp3) is 0.600. The number of nitrogens with one attached hydrogen (secondary N) is 1. The van der Waals surface area contributed by atoms with Crippen molar-refractivity contribution < 1.29 is 0 Å². The Morgan fingerprint density at radius 1 is 1.12 bits per heavy atom. The monoisotopic (exact) mass is 230 g/mol. The standard InChI is InChI=1S/C15H22N2/c1-17(13-8-10-16-11-9-13)15-7-6-12-4-2-3-5-14(12)15/h2-5,13,15-16H,6-11H2,1H3. The van der Waals surface area contributed by atoms with Gasteiger partial charge in [-0.25, -0.2) is 0 Å². The van der Waals surface area contributed by atoms with Crippen LogP contribution in [0.4, 0.5) is 0 Å². The third-order valence-corrected chi connectivity index (χ3v) is 4.48. The van der Waals surface area contributed by atoms with Crippen molar-refractivity contribution in [1.82, 2.24) is 10.2 Å². The lowest BCUT2D eigenvalue weighted by Gasteiger charge is -2.36. The van der Waals surface area contributed by atoms with Gasteiger partial charge in [0.2, 0.25) is 0 Å². The molecule has 1 aliphatic heterocycles. The smallest absolute Gasteiger partial charge is 0.0353 e. The number of rotatable bonds is 2. The van der Waals surface area contributed by atoms with Crippen LogP contribution in [-0.2, 0) is 6.42 Å². The summed E-state index contributed by atoms with van der Waals surface area (Å²) in [4.78, 5) is 2.63. The van der Waals surface area contributed by atoms with E-state index in [9.17, 15) is 0 Å². The second kappa shape index (κ2) is 4.79. The Hall–Kier alpha value is -0.860. The molecular weight excluding hydrogens is 208 g/mol. The Labute approximate surface area is 104 Å². The van der Waals surface area contributed by atoms with Crippen molar-refractivity contribution in [2.24, 2.45) is 0 Å². The van der Waals surface area contributed by atoms with Crippen molar-refractivity contribution in [3.05, 3.63) is 35.4 Å². The van der Waals surface area contributed by atoms with Crippen LogP contribution in [0.1, 0.15) is 36.4 Å². The molecule has 1 fully saturated rings. The number of fused-ring (bicyclic) bond motifs is 1. The number of nitrogens with zero attached hydrogens (tertiary/aromatic N) is 1. The first-order chi connectivity index (χ1) is 8.36. The van der Waals surface area contributed by atoms with Gasteiger partial charge >= 0.3 is 0 Å². The predicted octanol–water partition coefficient (Wildman–Crippen LogP) is 2.36. The van der Waals surface area contributed by atoms with Crippen LogP contribution in [0.2, 0.25) is 0 Å². The second-order valence-electron chi connectivity index (χ2n) is 5.40. The zero-order valence-electron chi connectivity index (χ0n) is 10.7. The van der Waals surface area contributed by atoms with Crippen molar-refractivity contribution in [2.45, 2.75) is 37.8 Å². The van der Waals surface area contributed by atoms with E-state index >= 15 is 0 Å². The normalized spacial score (nSPS) is 25.2. The molecule has 1 saturated heterocycles. The molecule has 1 aromatic carbocycles. The maximum absolute atomic E-state index is 3.45. The number of aryl methyl sites for hydroxylation is 1. The fourth-order valence-corrected chi connectivity index (χ4v) is 3.43. The molecule has 0 radical (unpaired) electrons. The summed E-state index contributed by atoms with van der Waals surface area (Å²) in [6.45, 7) is 2.37. The highest BCUT2D eigenvalue weighted by molar-refractivity contribution is 5.34. The molecule has 3 rings (SSSR count). The van der Waals surface area contributed by atoms with Gasteiger partial charge in [0.05, 0.1) is 0 Å². The lowest BCUT2D eigenvalue weighted by atomic mass is 10.0. The fourth-order valence-electron chi connectivity index (χ4n) is 3.43. The van der Waals surface area contributed by atoms with Crippen molar-refractivity contribution in [3.63, 3.8) is 0 Å². The van der Waals surface area contributed by atoms with Crippen LogP contribution in [0.15, 0.2) is 24.3 Å². The quantitative estimate of drug-likeness (QED) is 0.839. The summed E-state index contributed by atoms with van der Waals surface area (Å²) in [5.74, 6) is 0. The van der Waals surface area contributed by atoms with Gasteiger partial charge < -0.3 is 5.32 Å². The average molecular weight is 230 g/mol. The molecular formula is C15H22N2. The topological polar surface area (TPSA) is 15.3 Å². The summed E-state index contributed by atoms with van der Waals surface area (Å²) >= 11 is 0. The molecule has 92 valence electrons. The Morgan fingerprint density at radius 3 is 2.71 bits per heavy atom. The lowest BCUT2D eigenvalue weighted by molar-refractivity contribution is 0.142. The van der Waals surface area contributed by atoms with E-state index in [1.165, 1.54) is 38.8 Å². The maximum Gasteiger partial charge on any atom is 0.0353 e. The van der Waals surface area contributed by atoms with E-state index in [0.717, 1.165) is 6.04 Å². The first-order valence-corrected chi connectivity index (χ1v) is 6.87. The van der Waals surface area contributed by atoms with Crippen LogP contribution in [-0.4, -0.2) is 31.1 Å². The number of benzene rings is 1. The highest BCUT2D eigenvalue weighted by Crippen LogP contribution is 2.36. The summed E-state index contributed by atoms with van der Waals surface area (Å²) in [7, 11) is 2.32. The van der Waals surface area contributed by atoms with Gasteiger partial charge in [0.15, 0.2) is 0 Å². The first-order valence-electron chi connectivity index (χ1n) is 6.87. The Balaban J connectivity index is 1.76. The molecule has 1 atom stereocenters. The van der Waals surface area contributed by atoms with Gasteiger partial charge in [0.25, 0.3) is 0 Å². The third-order valence-electron chi connectivity index (χ3n) is 4.48. The summed E-state index contributed by atoms with van der Waals surface area (Å²) < 4.78 is 0. The van der Waals surface area contributed by atoms with Gasteiger partial charge in [-0.1, -0.05) is 24.3 Å². The van der Waals surface area contributed by atoms with Gasteiger partial charge in [0, 0.05) is 12.1 Å². The minimum absolute atomic E-state index is 0.661. The van der Waals surface area contributed by atoms with E-state index in [0.29, 0.717) is 6.04 Å². The van der Waals surface area contributed by atoms with E-state index in [1.807, 2.05) is 0 Å². The van der Waals surface area contributed by atoms with Crippen LogP contribution in [0.5, 0.6) is 0 Å². The Bertz CT molecular complexity index is 382. The lowest BCUT2D eigenvalue weighted by Crippen LogP contribution is -2.42. The average Bonchev–Trinajstić information content (AvgIpc) is 2.83. The van der Waals surface area contributed by atoms with Gasteiger partial charge in [-0.2, -0.15) is 0 Å². The van der Waals surface area contributed by atoms with Crippen molar-refractivity contribution in [1.29, 1.82) is 0 Å². The van der Waals surface area contributed by atoms with Gasteiger partial charge in [0.1, 0.15) is 0 Å². The summed E-state index contributed by atoms with van der Waals surface area (Å²) in [6.07, 6.45) is 5.17. The minimum atomic E-state index is 0.661. The molecule has 1 aliphatic carbocycles. The number of piperidine rings is 1. The Kier molecular flexibility index (Phi) is 3.17. The summed E-state index contributed by atoms with van der Waals surface area (Å²) in [5, 5.41) is 3.45. The van der Waals surface area contributed by atoms with E-state index in [4.69, 9.17) is 0 Å². The van der Waals surface area contributed by atoms with E-state index in [2.05, 4.69) is 41.5 Å². The van der Waals surface area contributed by atoms with Crippen molar-refractivity contribution in [3.8, 4) is 0 Å². The second-order valence-corrected chi connectivity index (χ2v) is 5.40. The van der Waals surface area contributed by atoms with Gasteiger partial charge in [-0.15, -0.1) is 0 Å². The highest BCUT2D eigenvalue weighted by Gasteiger charge is 2.29. The van der Waals surface area contributed by atoms with E-state index in [-0.39, 0.29) is 0 Å². The zero-order valence-corrected chi connectivity index (χ0v) is 10.7. The zero-order chi connectivity index (χ0) is 11.7. The molecule has 0 saturated carbocycles. The predicted molar refractivity (Wildman–Crippen MR) is 71.2 cm³/mol. The van der Waals surface area contributed by atoms with Crippen molar-refractivity contribution in [2.75, 3.05) is 20.1 Å². The van der Waals surface area contributed by atoms with E-state index in [1.54, 1.807) is 11.1 Å². The summed E-state index contributed by atoms with van der Waals surface area (Å²) in [6, 6.07) is 10.4. The van der Waals surface area contributed by atoms with E-state index < -0.39 is 0 Å².